The zero-order chi connectivity index (χ0) is 12.1. The number of hydrogen-bond donors (Lipinski definition) is 1. The second kappa shape index (κ2) is 5.80. The summed E-state index contributed by atoms with van der Waals surface area (Å²) in [4.78, 5) is 10.9. The normalized spacial score (nSPS) is 12.6. The molecule has 0 aliphatic heterocycles. The SMILES string of the molecule is CCC(C)N(CC)c1ncc(CO)c(C)n1. The van der Waals surface area contributed by atoms with E-state index >= 15 is 0 Å². The summed E-state index contributed by atoms with van der Waals surface area (Å²) in [6, 6.07) is 0.435. The lowest BCUT2D eigenvalue weighted by Crippen LogP contribution is -2.34. The van der Waals surface area contributed by atoms with Crippen LogP contribution >= 0.6 is 0 Å². The molecule has 0 fully saturated rings. The first-order valence-corrected chi connectivity index (χ1v) is 5.84. The van der Waals surface area contributed by atoms with Gasteiger partial charge in [-0.05, 0) is 27.2 Å². The fourth-order valence-electron chi connectivity index (χ4n) is 1.64. The molecule has 0 amide bonds. The van der Waals surface area contributed by atoms with E-state index in [-0.39, 0.29) is 6.61 Å². The number of aromatic nitrogens is 2. The van der Waals surface area contributed by atoms with Crippen molar-refractivity contribution in [3.63, 3.8) is 0 Å². The molecule has 0 spiro atoms. The fourth-order valence-corrected chi connectivity index (χ4v) is 1.64. The molecule has 0 aromatic carbocycles. The summed E-state index contributed by atoms with van der Waals surface area (Å²) >= 11 is 0. The maximum absolute atomic E-state index is 9.07. The summed E-state index contributed by atoms with van der Waals surface area (Å²) in [6.07, 6.45) is 2.78. The molecule has 4 nitrogen and oxygen atoms in total. The zero-order valence-electron chi connectivity index (χ0n) is 10.6. The van der Waals surface area contributed by atoms with Crippen LogP contribution < -0.4 is 4.90 Å². The van der Waals surface area contributed by atoms with E-state index in [0.29, 0.717) is 6.04 Å². The van der Waals surface area contributed by atoms with Crippen molar-refractivity contribution in [3.8, 4) is 0 Å². The van der Waals surface area contributed by atoms with Gasteiger partial charge in [0.25, 0.3) is 0 Å². The summed E-state index contributed by atoms with van der Waals surface area (Å²) in [5.74, 6) is 0.756. The second-order valence-corrected chi connectivity index (χ2v) is 3.98. The number of nitrogens with zero attached hydrogens (tertiary/aromatic N) is 3. The van der Waals surface area contributed by atoms with E-state index in [4.69, 9.17) is 5.11 Å². The summed E-state index contributed by atoms with van der Waals surface area (Å²) < 4.78 is 0. The van der Waals surface area contributed by atoms with Gasteiger partial charge >= 0.3 is 0 Å². The summed E-state index contributed by atoms with van der Waals surface area (Å²) in [7, 11) is 0. The Kier molecular flexibility index (Phi) is 4.68. The maximum Gasteiger partial charge on any atom is 0.225 e. The van der Waals surface area contributed by atoms with Gasteiger partial charge in [-0.1, -0.05) is 6.92 Å². The third kappa shape index (κ3) is 2.70. The van der Waals surface area contributed by atoms with Crippen LogP contribution in [0.1, 0.15) is 38.4 Å². The molecule has 0 radical (unpaired) electrons. The Balaban J connectivity index is 2.98. The summed E-state index contributed by atoms with van der Waals surface area (Å²) in [5.41, 5.74) is 1.65. The number of rotatable bonds is 5. The maximum atomic E-state index is 9.07. The lowest BCUT2D eigenvalue weighted by molar-refractivity contribution is 0.280. The van der Waals surface area contributed by atoms with Gasteiger partial charge < -0.3 is 10.0 Å². The molecule has 1 unspecified atom stereocenters. The average molecular weight is 223 g/mol. The van der Waals surface area contributed by atoms with E-state index in [0.717, 1.165) is 30.2 Å². The highest BCUT2D eigenvalue weighted by molar-refractivity contribution is 5.33. The lowest BCUT2D eigenvalue weighted by atomic mass is 10.2. The third-order valence-electron chi connectivity index (χ3n) is 2.96. The molecule has 16 heavy (non-hydrogen) atoms. The molecular formula is C12H21N3O. The van der Waals surface area contributed by atoms with Crippen LogP contribution in [0.2, 0.25) is 0 Å². The molecule has 90 valence electrons. The summed E-state index contributed by atoms with van der Waals surface area (Å²) in [6.45, 7) is 9.23. The number of aliphatic hydroxyl groups is 1. The molecule has 1 N–H and O–H groups in total. The molecule has 1 aromatic heterocycles. The first-order valence-electron chi connectivity index (χ1n) is 5.84. The molecule has 0 saturated carbocycles. The minimum absolute atomic E-state index is 0.00156. The first kappa shape index (κ1) is 12.9. The van der Waals surface area contributed by atoms with E-state index < -0.39 is 0 Å². The molecule has 1 atom stereocenters. The molecule has 4 heteroatoms. The molecule has 0 saturated heterocycles. The number of anilines is 1. The van der Waals surface area contributed by atoms with Gasteiger partial charge in [-0.2, -0.15) is 0 Å². The van der Waals surface area contributed by atoms with Crippen molar-refractivity contribution >= 4 is 5.95 Å². The van der Waals surface area contributed by atoms with Crippen molar-refractivity contribution in [2.75, 3.05) is 11.4 Å². The Morgan fingerprint density at radius 1 is 1.44 bits per heavy atom. The highest BCUT2D eigenvalue weighted by Gasteiger charge is 2.14. The first-order chi connectivity index (χ1) is 7.63. The Labute approximate surface area is 97.3 Å². The van der Waals surface area contributed by atoms with Gasteiger partial charge in [0, 0.05) is 30.0 Å². The monoisotopic (exact) mass is 223 g/mol. The van der Waals surface area contributed by atoms with Crippen LogP contribution in [0.4, 0.5) is 5.95 Å². The van der Waals surface area contributed by atoms with Crippen molar-refractivity contribution in [1.82, 2.24) is 9.97 Å². The molecular weight excluding hydrogens is 202 g/mol. The third-order valence-corrected chi connectivity index (χ3v) is 2.96. The second-order valence-electron chi connectivity index (χ2n) is 3.98. The van der Waals surface area contributed by atoms with Crippen LogP contribution in [-0.2, 0) is 6.61 Å². The summed E-state index contributed by atoms with van der Waals surface area (Å²) in [5, 5.41) is 9.07. The van der Waals surface area contributed by atoms with Crippen molar-refractivity contribution in [2.45, 2.75) is 46.8 Å². The van der Waals surface area contributed by atoms with E-state index in [1.54, 1.807) is 6.20 Å². The minimum Gasteiger partial charge on any atom is -0.392 e. The molecule has 1 aromatic rings. The number of aliphatic hydroxyl groups excluding tert-OH is 1. The quantitative estimate of drug-likeness (QED) is 0.828. The van der Waals surface area contributed by atoms with Crippen LogP contribution in [0.3, 0.4) is 0 Å². The average Bonchev–Trinajstić information content (AvgIpc) is 2.30. The standard InChI is InChI=1S/C12H21N3O/c1-5-9(3)15(6-2)12-13-7-11(8-16)10(4)14-12/h7,9,16H,5-6,8H2,1-4H3. The van der Waals surface area contributed by atoms with Gasteiger partial charge in [-0.15, -0.1) is 0 Å². The Hall–Kier alpha value is -1.16. The van der Waals surface area contributed by atoms with Gasteiger partial charge in [0.15, 0.2) is 0 Å². The minimum atomic E-state index is 0.00156. The van der Waals surface area contributed by atoms with Gasteiger partial charge in [0.1, 0.15) is 0 Å². The van der Waals surface area contributed by atoms with Crippen molar-refractivity contribution in [2.24, 2.45) is 0 Å². The van der Waals surface area contributed by atoms with Crippen molar-refractivity contribution in [3.05, 3.63) is 17.5 Å². The number of hydrogen-bond acceptors (Lipinski definition) is 4. The molecule has 1 rings (SSSR count). The Morgan fingerprint density at radius 2 is 2.12 bits per heavy atom. The van der Waals surface area contributed by atoms with Crippen LogP contribution in [0.5, 0.6) is 0 Å². The molecule has 1 heterocycles. The zero-order valence-corrected chi connectivity index (χ0v) is 10.6. The van der Waals surface area contributed by atoms with Crippen LogP contribution in [0.25, 0.3) is 0 Å². The van der Waals surface area contributed by atoms with E-state index in [9.17, 15) is 0 Å². The smallest absolute Gasteiger partial charge is 0.225 e. The predicted molar refractivity (Wildman–Crippen MR) is 65.5 cm³/mol. The lowest BCUT2D eigenvalue weighted by Gasteiger charge is -2.27. The van der Waals surface area contributed by atoms with Crippen LogP contribution in [-0.4, -0.2) is 27.7 Å². The highest BCUT2D eigenvalue weighted by atomic mass is 16.3. The van der Waals surface area contributed by atoms with Gasteiger partial charge in [0.05, 0.1) is 6.61 Å². The number of aryl methyl sites for hydroxylation is 1. The molecule has 0 aliphatic carbocycles. The fraction of sp³-hybridized carbons (Fsp3) is 0.667. The Bertz CT molecular complexity index is 341. The van der Waals surface area contributed by atoms with Gasteiger partial charge in [-0.3, -0.25) is 0 Å². The van der Waals surface area contributed by atoms with E-state index in [1.165, 1.54) is 0 Å². The van der Waals surface area contributed by atoms with E-state index in [1.807, 2.05) is 6.92 Å². The predicted octanol–water partition coefficient (Wildman–Crippen LogP) is 1.90. The molecule has 0 aliphatic rings. The van der Waals surface area contributed by atoms with Gasteiger partial charge in [0.2, 0.25) is 5.95 Å². The van der Waals surface area contributed by atoms with Crippen LogP contribution in [0, 0.1) is 6.92 Å². The highest BCUT2D eigenvalue weighted by Crippen LogP contribution is 2.15. The largest absolute Gasteiger partial charge is 0.392 e. The topological polar surface area (TPSA) is 49.2 Å². The van der Waals surface area contributed by atoms with E-state index in [2.05, 4.69) is 35.6 Å². The Morgan fingerprint density at radius 3 is 2.56 bits per heavy atom. The molecule has 0 bridgehead atoms. The van der Waals surface area contributed by atoms with Crippen molar-refractivity contribution in [1.29, 1.82) is 0 Å². The van der Waals surface area contributed by atoms with Crippen LogP contribution in [0.15, 0.2) is 6.20 Å². The van der Waals surface area contributed by atoms with Crippen molar-refractivity contribution < 1.29 is 5.11 Å². The van der Waals surface area contributed by atoms with Gasteiger partial charge in [-0.25, -0.2) is 9.97 Å².